The fourth-order valence-electron chi connectivity index (χ4n) is 3.29. The van der Waals surface area contributed by atoms with Crippen LogP contribution >= 0.6 is 0 Å². The van der Waals surface area contributed by atoms with Gasteiger partial charge in [0.05, 0.1) is 0 Å². The van der Waals surface area contributed by atoms with Gasteiger partial charge in [-0.3, -0.25) is 4.98 Å². The average Bonchev–Trinajstić information content (AvgIpc) is 2.80. The molecule has 0 unspecified atom stereocenters. The summed E-state index contributed by atoms with van der Waals surface area (Å²) in [5, 5.41) is 3.31. The van der Waals surface area contributed by atoms with Crippen molar-refractivity contribution in [2.75, 3.05) is 48.0 Å². The number of nitrogen functional groups attached to an aromatic ring is 3. The standard InChI is InChI=1S/C20H24FN9O/c21-14-7-13(12-1-2-18(27-9-12)30-5-3-25-4-6-30)10-26-15(14)11-31-16-8-17(22)28-20(29-24)19(16)23/h1-2,7-10,25H,3-6,11,23-24H2,(H3,22,28,29). The van der Waals surface area contributed by atoms with Crippen LogP contribution in [0.4, 0.5) is 27.5 Å². The molecule has 1 aliphatic rings. The molecule has 1 saturated heterocycles. The number of rotatable bonds is 6. The summed E-state index contributed by atoms with van der Waals surface area (Å²) in [4.78, 5) is 14.9. The summed E-state index contributed by atoms with van der Waals surface area (Å²) in [5.74, 6) is 6.34. The first kappa shape index (κ1) is 20.6. The summed E-state index contributed by atoms with van der Waals surface area (Å²) >= 11 is 0. The second kappa shape index (κ2) is 8.98. The Morgan fingerprint density at radius 3 is 2.55 bits per heavy atom. The molecule has 4 rings (SSSR count). The average molecular weight is 425 g/mol. The van der Waals surface area contributed by atoms with Gasteiger partial charge in [-0.1, -0.05) is 0 Å². The zero-order valence-electron chi connectivity index (χ0n) is 16.8. The van der Waals surface area contributed by atoms with Crippen molar-refractivity contribution in [3.63, 3.8) is 0 Å². The maximum Gasteiger partial charge on any atom is 0.169 e. The maximum absolute atomic E-state index is 14.7. The SMILES string of the molecule is NNc1nc(N)cc(OCc2ncc(-c3ccc(N4CCNCC4)nc3)cc2F)c1N. The van der Waals surface area contributed by atoms with Crippen molar-refractivity contribution < 1.29 is 9.13 Å². The molecule has 0 aliphatic carbocycles. The van der Waals surface area contributed by atoms with Gasteiger partial charge in [0.15, 0.2) is 5.82 Å². The van der Waals surface area contributed by atoms with Crippen molar-refractivity contribution in [1.29, 1.82) is 0 Å². The third-order valence-corrected chi connectivity index (χ3v) is 4.98. The minimum Gasteiger partial charge on any atom is -0.485 e. The molecule has 162 valence electrons. The zero-order valence-corrected chi connectivity index (χ0v) is 16.8. The topological polar surface area (TPSA) is 153 Å². The zero-order chi connectivity index (χ0) is 21.8. The number of hydrogen-bond donors (Lipinski definition) is 5. The van der Waals surface area contributed by atoms with Gasteiger partial charge in [0.25, 0.3) is 0 Å². The number of nitrogens with zero attached hydrogens (tertiary/aromatic N) is 4. The van der Waals surface area contributed by atoms with E-state index in [1.165, 1.54) is 12.1 Å². The molecule has 10 nitrogen and oxygen atoms in total. The minimum absolute atomic E-state index is 0.131. The lowest BCUT2D eigenvalue weighted by Gasteiger charge is -2.28. The fourth-order valence-corrected chi connectivity index (χ4v) is 3.29. The van der Waals surface area contributed by atoms with E-state index in [9.17, 15) is 4.39 Å². The minimum atomic E-state index is -0.499. The highest BCUT2D eigenvalue weighted by molar-refractivity contribution is 5.71. The van der Waals surface area contributed by atoms with E-state index in [0.29, 0.717) is 5.56 Å². The Hall–Kier alpha value is -3.70. The van der Waals surface area contributed by atoms with Crippen LogP contribution in [0.5, 0.6) is 5.75 Å². The maximum atomic E-state index is 14.7. The lowest BCUT2D eigenvalue weighted by molar-refractivity contribution is 0.296. The Kier molecular flexibility index (Phi) is 5.96. The van der Waals surface area contributed by atoms with Crippen LogP contribution in [0.1, 0.15) is 5.69 Å². The van der Waals surface area contributed by atoms with E-state index in [1.54, 1.807) is 12.4 Å². The molecule has 3 aromatic rings. The first-order chi connectivity index (χ1) is 15.0. The van der Waals surface area contributed by atoms with Gasteiger partial charge in [-0.05, 0) is 18.2 Å². The number of hydrogen-bond acceptors (Lipinski definition) is 10. The van der Waals surface area contributed by atoms with Gasteiger partial charge in [0.2, 0.25) is 0 Å². The first-order valence-electron chi connectivity index (χ1n) is 9.77. The van der Waals surface area contributed by atoms with E-state index in [0.717, 1.165) is 37.6 Å². The summed E-state index contributed by atoms with van der Waals surface area (Å²) in [7, 11) is 0. The summed E-state index contributed by atoms with van der Waals surface area (Å²) in [5.41, 5.74) is 15.7. The Morgan fingerprint density at radius 2 is 1.87 bits per heavy atom. The molecule has 4 heterocycles. The lowest BCUT2D eigenvalue weighted by Crippen LogP contribution is -2.43. The molecule has 0 aromatic carbocycles. The number of halogens is 1. The largest absolute Gasteiger partial charge is 0.485 e. The van der Waals surface area contributed by atoms with Gasteiger partial charge in [-0.25, -0.2) is 20.2 Å². The van der Waals surface area contributed by atoms with E-state index in [2.05, 4.69) is 30.6 Å². The van der Waals surface area contributed by atoms with Crippen molar-refractivity contribution >= 4 is 23.1 Å². The molecular weight excluding hydrogens is 401 g/mol. The van der Waals surface area contributed by atoms with Crippen molar-refractivity contribution in [3.05, 3.63) is 48.2 Å². The first-order valence-corrected chi connectivity index (χ1v) is 9.77. The van der Waals surface area contributed by atoms with Gasteiger partial charge >= 0.3 is 0 Å². The molecule has 0 saturated carbocycles. The Balaban J connectivity index is 1.46. The number of anilines is 4. The van der Waals surface area contributed by atoms with Gasteiger partial charge in [0.1, 0.15) is 41.2 Å². The van der Waals surface area contributed by atoms with Crippen LogP contribution in [-0.4, -0.2) is 41.1 Å². The summed E-state index contributed by atoms with van der Waals surface area (Å²) in [6.07, 6.45) is 3.31. The highest BCUT2D eigenvalue weighted by Gasteiger charge is 2.14. The number of pyridine rings is 3. The van der Waals surface area contributed by atoms with Crippen LogP contribution in [0.25, 0.3) is 11.1 Å². The molecule has 0 spiro atoms. The van der Waals surface area contributed by atoms with Crippen LogP contribution in [0.15, 0.2) is 36.7 Å². The fraction of sp³-hybridized carbons (Fsp3) is 0.250. The predicted molar refractivity (Wildman–Crippen MR) is 118 cm³/mol. The number of nitrogens with two attached hydrogens (primary N) is 3. The smallest absolute Gasteiger partial charge is 0.169 e. The normalized spacial score (nSPS) is 13.8. The molecule has 11 heteroatoms. The molecular formula is C20H24FN9O. The second-order valence-corrected chi connectivity index (χ2v) is 7.04. The van der Waals surface area contributed by atoms with Crippen molar-refractivity contribution in [1.82, 2.24) is 20.3 Å². The Bertz CT molecular complexity index is 1060. The van der Waals surface area contributed by atoms with Gasteiger partial charge < -0.3 is 31.8 Å². The summed E-state index contributed by atoms with van der Waals surface area (Å²) in [6, 6.07) is 6.70. The van der Waals surface area contributed by atoms with Crippen LogP contribution < -0.4 is 37.7 Å². The molecule has 1 aliphatic heterocycles. The number of ether oxygens (including phenoxy) is 1. The van der Waals surface area contributed by atoms with Gasteiger partial charge in [0, 0.05) is 55.8 Å². The number of hydrazine groups is 1. The van der Waals surface area contributed by atoms with Crippen molar-refractivity contribution in [2.24, 2.45) is 5.84 Å². The molecule has 1 fully saturated rings. The van der Waals surface area contributed by atoms with Crippen molar-refractivity contribution in [3.8, 4) is 16.9 Å². The van der Waals surface area contributed by atoms with E-state index in [1.807, 2.05) is 12.1 Å². The van der Waals surface area contributed by atoms with E-state index < -0.39 is 5.82 Å². The quantitative estimate of drug-likeness (QED) is 0.287. The van der Waals surface area contributed by atoms with Crippen LogP contribution in [0, 0.1) is 5.82 Å². The number of aromatic nitrogens is 3. The summed E-state index contributed by atoms with van der Waals surface area (Å²) < 4.78 is 20.2. The van der Waals surface area contributed by atoms with E-state index in [-0.39, 0.29) is 35.4 Å². The third-order valence-electron chi connectivity index (χ3n) is 4.98. The molecule has 0 atom stereocenters. The Morgan fingerprint density at radius 1 is 1.10 bits per heavy atom. The highest BCUT2D eigenvalue weighted by Crippen LogP contribution is 2.30. The van der Waals surface area contributed by atoms with Crippen molar-refractivity contribution in [2.45, 2.75) is 6.61 Å². The predicted octanol–water partition coefficient (Wildman–Crippen LogP) is 1.12. The summed E-state index contributed by atoms with van der Waals surface area (Å²) in [6.45, 7) is 3.55. The number of nitrogens with one attached hydrogen (secondary N) is 2. The van der Waals surface area contributed by atoms with E-state index >= 15 is 0 Å². The third kappa shape index (κ3) is 4.57. The van der Waals surface area contributed by atoms with Crippen LogP contribution in [0.2, 0.25) is 0 Å². The molecule has 0 bridgehead atoms. The van der Waals surface area contributed by atoms with Gasteiger partial charge in [-0.15, -0.1) is 0 Å². The molecule has 3 aromatic heterocycles. The second-order valence-electron chi connectivity index (χ2n) is 7.04. The molecule has 31 heavy (non-hydrogen) atoms. The molecule has 0 radical (unpaired) electrons. The number of piperazine rings is 1. The van der Waals surface area contributed by atoms with Crippen LogP contribution in [0.3, 0.4) is 0 Å². The highest BCUT2D eigenvalue weighted by atomic mass is 19.1. The lowest BCUT2D eigenvalue weighted by atomic mass is 10.1. The molecule has 0 amide bonds. The van der Waals surface area contributed by atoms with Gasteiger partial charge in [-0.2, -0.15) is 0 Å². The monoisotopic (exact) mass is 425 g/mol. The van der Waals surface area contributed by atoms with E-state index in [4.69, 9.17) is 22.0 Å². The Labute approximate surface area is 178 Å². The molecule has 8 N–H and O–H groups in total. The van der Waals surface area contributed by atoms with Crippen LogP contribution in [-0.2, 0) is 6.61 Å².